The maximum Gasteiger partial charge on any atom is 0.232 e. The van der Waals surface area contributed by atoms with Crippen LogP contribution in [0.25, 0.3) is 0 Å². The second-order valence-electron chi connectivity index (χ2n) is 3.87. The Morgan fingerprint density at radius 3 is 2.75 bits per heavy atom. The summed E-state index contributed by atoms with van der Waals surface area (Å²) in [5.74, 6) is 0.0381. The van der Waals surface area contributed by atoms with Gasteiger partial charge in [0.15, 0.2) is 0 Å². The molecule has 0 bridgehead atoms. The number of hydrogen-bond donors (Lipinski definition) is 2. The molecule has 0 aliphatic carbocycles. The molecule has 3 N–H and O–H groups in total. The zero-order valence-electron chi connectivity index (χ0n) is 9.55. The number of rotatable bonds is 6. The predicted molar refractivity (Wildman–Crippen MR) is 63.7 cm³/mol. The van der Waals surface area contributed by atoms with Crippen molar-refractivity contribution < 1.29 is 8.42 Å². The van der Waals surface area contributed by atoms with Gasteiger partial charge in [-0.15, -0.1) is 0 Å². The van der Waals surface area contributed by atoms with E-state index in [0.717, 1.165) is 0 Å². The van der Waals surface area contributed by atoms with Crippen LogP contribution in [0.3, 0.4) is 0 Å². The van der Waals surface area contributed by atoms with Crippen molar-refractivity contribution in [3.8, 4) is 0 Å². The molecule has 0 saturated carbocycles. The summed E-state index contributed by atoms with van der Waals surface area (Å²) in [5.41, 5.74) is 5.76. The fourth-order valence-electron chi connectivity index (χ4n) is 1.18. The van der Waals surface area contributed by atoms with Crippen molar-refractivity contribution in [3.05, 3.63) is 12.4 Å². The van der Waals surface area contributed by atoms with Gasteiger partial charge in [-0.3, -0.25) is 9.40 Å². The Morgan fingerprint density at radius 2 is 2.25 bits per heavy atom. The molecule has 6 nitrogen and oxygen atoms in total. The molecule has 1 aromatic heterocycles. The Kier molecular flexibility index (Phi) is 4.31. The maximum atomic E-state index is 11.5. The van der Waals surface area contributed by atoms with Gasteiger partial charge in [-0.2, -0.15) is 5.10 Å². The summed E-state index contributed by atoms with van der Waals surface area (Å²) >= 11 is 0. The molecule has 92 valence electrons. The summed E-state index contributed by atoms with van der Waals surface area (Å²) < 4.78 is 27.2. The third kappa shape index (κ3) is 3.82. The summed E-state index contributed by atoms with van der Waals surface area (Å²) in [6.07, 6.45) is 3.62. The van der Waals surface area contributed by atoms with E-state index in [2.05, 4.69) is 9.82 Å². The van der Waals surface area contributed by atoms with Crippen LogP contribution >= 0.6 is 0 Å². The lowest BCUT2D eigenvalue weighted by Crippen LogP contribution is -2.18. The van der Waals surface area contributed by atoms with E-state index in [1.165, 1.54) is 6.20 Å². The monoisotopic (exact) mass is 246 g/mol. The summed E-state index contributed by atoms with van der Waals surface area (Å²) in [7, 11) is -3.29. The molecule has 7 heteroatoms. The van der Waals surface area contributed by atoms with E-state index in [1.807, 2.05) is 13.8 Å². The average Bonchev–Trinajstić information content (AvgIpc) is 2.62. The van der Waals surface area contributed by atoms with Crippen LogP contribution in [0.5, 0.6) is 0 Å². The van der Waals surface area contributed by atoms with Gasteiger partial charge in [-0.1, -0.05) is 0 Å². The molecule has 0 spiro atoms. The van der Waals surface area contributed by atoms with Crippen molar-refractivity contribution in [1.82, 2.24) is 9.78 Å². The minimum absolute atomic E-state index is 0.0381. The number of nitrogens with zero attached hydrogens (tertiary/aromatic N) is 2. The molecule has 0 radical (unpaired) electrons. The topological polar surface area (TPSA) is 90.0 Å². The number of nitrogens with two attached hydrogens (primary N) is 1. The highest BCUT2D eigenvalue weighted by molar-refractivity contribution is 7.92. The zero-order valence-corrected chi connectivity index (χ0v) is 10.4. The van der Waals surface area contributed by atoms with E-state index < -0.39 is 10.0 Å². The number of nitrogens with one attached hydrogen (secondary N) is 1. The van der Waals surface area contributed by atoms with E-state index in [0.29, 0.717) is 18.7 Å². The summed E-state index contributed by atoms with van der Waals surface area (Å²) in [6.45, 7) is 4.31. The lowest BCUT2D eigenvalue weighted by molar-refractivity contribution is 0.532. The van der Waals surface area contributed by atoms with Gasteiger partial charge in [-0.05, 0) is 26.8 Å². The lowest BCUT2D eigenvalue weighted by atomic mass is 10.4. The quantitative estimate of drug-likeness (QED) is 0.767. The molecule has 0 aliphatic heterocycles. The second kappa shape index (κ2) is 5.31. The van der Waals surface area contributed by atoms with E-state index in [1.54, 1.807) is 10.9 Å². The number of anilines is 1. The summed E-state index contributed by atoms with van der Waals surface area (Å²) in [4.78, 5) is 0. The predicted octanol–water partition coefficient (Wildman–Crippen LogP) is 0.554. The standard InChI is InChI=1S/C9H18N4O2S/c1-8(2)13-7-9(6-11-13)12-16(14,15)5-3-4-10/h6-8,12H,3-5,10H2,1-2H3. The van der Waals surface area contributed by atoms with Crippen molar-refractivity contribution in [2.45, 2.75) is 26.3 Å². The van der Waals surface area contributed by atoms with Gasteiger partial charge in [0.1, 0.15) is 0 Å². The first-order valence-electron chi connectivity index (χ1n) is 5.19. The fraction of sp³-hybridized carbons (Fsp3) is 0.667. The molecule has 0 aromatic carbocycles. The van der Waals surface area contributed by atoms with Gasteiger partial charge >= 0.3 is 0 Å². The molecule has 1 aromatic rings. The highest BCUT2D eigenvalue weighted by atomic mass is 32.2. The third-order valence-electron chi connectivity index (χ3n) is 2.02. The van der Waals surface area contributed by atoms with Gasteiger partial charge in [0, 0.05) is 12.2 Å². The van der Waals surface area contributed by atoms with E-state index in [-0.39, 0.29) is 11.8 Å². The van der Waals surface area contributed by atoms with Gasteiger partial charge in [0.25, 0.3) is 0 Å². The van der Waals surface area contributed by atoms with Crippen molar-refractivity contribution in [3.63, 3.8) is 0 Å². The Morgan fingerprint density at radius 1 is 1.56 bits per heavy atom. The molecule has 0 saturated heterocycles. The molecular formula is C9H18N4O2S. The van der Waals surface area contributed by atoms with Crippen LogP contribution in [0.2, 0.25) is 0 Å². The first kappa shape index (κ1) is 13.0. The molecule has 1 heterocycles. The van der Waals surface area contributed by atoms with Crippen LogP contribution in [-0.2, 0) is 10.0 Å². The Hall–Kier alpha value is -1.08. The van der Waals surface area contributed by atoms with Crippen LogP contribution < -0.4 is 10.5 Å². The van der Waals surface area contributed by atoms with E-state index >= 15 is 0 Å². The zero-order chi connectivity index (χ0) is 12.2. The largest absolute Gasteiger partial charge is 0.330 e. The second-order valence-corrected chi connectivity index (χ2v) is 5.71. The van der Waals surface area contributed by atoms with Crippen LogP contribution in [0.4, 0.5) is 5.69 Å². The third-order valence-corrected chi connectivity index (χ3v) is 3.39. The van der Waals surface area contributed by atoms with Crippen molar-refractivity contribution in [1.29, 1.82) is 0 Å². The van der Waals surface area contributed by atoms with Crippen LogP contribution in [0.1, 0.15) is 26.3 Å². The minimum atomic E-state index is -3.29. The number of hydrogen-bond acceptors (Lipinski definition) is 4. The first-order valence-corrected chi connectivity index (χ1v) is 6.84. The van der Waals surface area contributed by atoms with Gasteiger partial charge < -0.3 is 5.73 Å². The highest BCUT2D eigenvalue weighted by Gasteiger charge is 2.11. The van der Waals surface area contributed by atoms with Crippen molar-refractivity contribution in [2.24, 2.45) is 5.73 Å². The Labute approximate surface area is 95.9 Å². The smallest absolute Gasteiger partial charge is 0.232 e. The van der Waals surface area contributed by atoms with Crippen LogP contribution in [-0.4, -0.2) is 30.5 Å². The average molecular weight is 246 g/mol. The normalized spacial score (nSPS) is 12.0. The first-order chi connectivity index (χ1) is 7.44. The molecule has 0 unspecified atom stereocenters. The molecule has 0 fully saturated rings. The molecule has 0 amide bonds. The van der Waals surface area contributed by atoms with E-state index in [9.17, 15) is 8.42 Å². The minimum Gasteiger partial charge on any atom is -0.330 e. The summed E-state index contributed by atoms with van der Waals surface area (Å²) in [6, 6.07) is 0.210. The molecule has 0 aliphatic rings. The van der Waals surface area contributed by atoms with E-state index in [4.69, 9.17) is 5.73 Å². The van der Waals surface area contributed by atoms with Gasteiger partial charge in [0.2, 0.25) is 10.0 Å². The number of sulfonamides is 1. The lowest BCUT2D eigenvalue weighted by Gasteiger charge is -2.05. The molecular weight excluding hydrogens is 228 g/mol. The molecule has 1 rings (SSSR count). The van der Waals surface area contributed by atoms with Gasteiger partial charge in [-0.25, -0.2) is 8.42 Å². The van der Waals surface area contributed by atoms with Gasteiger partial charge in [0.05, 0.1) is 17.6 Å². The van der Waals surface area contributed by atoms with Crippen LogP contribution in [0, 0.1) is 0 Å². The highest BCUT2D eigenvalue weighted by Crippen LogP contribution is 2.11. The van der Waals surface area contributed by atoms with Crippen molar-refractivity contribution >= 4 is 15.7 Å². The summed E-state index contributed by atoms with van der Waals surface area (Å²) in [5, 5.41) is 4.05. The Bertz CT molecular complexity index is 424. The Balaban J connectivity index is 2.65. The van der Waals surface area contributed by atoms with Crippen LogP contribution in [0.15, 0.2) is 12.4 Å². The molecule has 16 heavy (non-hydrogen) atoms. The maximum absolute atomic E-state index is 11.5. The molecule has 0 atom stereocenters. The fourth-order valence-corrected chi connectivity index (χ4v) is 2.29. The number of aromatic nitrogens is 2. The SMILES string of the molecule is CC(C)n1cc(NS(=O)(=O)CCCN)cn1. The van der Waals surface area contributed by atoms with Crippen molar-refractivity contribution in [2.75, 3.05) is 17.0 Å².